The zero-order chi connectivity index (χ0) is 11.5. The summed E-state index contributed by atoms with van der Waals surface area (Å²) in [6.45, 7) is 2.08. The minimum absolute atomic E-state index is 0.647. The van der Waals surface area contributed by atoms with Crippen LogP contribution in [0.2, 0.25) is 10.0 Å². The lowest BCUT2D eigenvalue weighted by Gasteiger charge is -2.07. The van der Waals surface area contributed by atoms with Crippen LogP contribution in [0.4, 0.5) is 0 Å². The van der Waals surface area contributed by atoms with Crippen LogP contribution in [0, 0.1) is 0 Å². The highest BCUT2D eigenvalue weighted by molar-refractivity contribution is 6.35. The van der Waals surface area contributed by atoms with Crippen molar-refractivity contribution in [3.8, 4) is 11.1 Å². The third-order valence-electron chi connectivity index (χ3n) is 2.40. The predicted octanol–water partition coefficient (Wildman–Crippen LogP) is 4.62. The molecule has 0 atom stereocenters. The maximum absolute atomic E-state index is 5.99. The van der Waals surface area contributed by atoms with Gasteiger partial charge in [0.05, 0.1) is 0 Å². The second-order valence-electron chi connectivity index (χ2n) is 3.51. The van der Waals surface area contributed by atoms with Gasteiger partial charge in [-0.05, 0) is 36.2 Å². The quantitative estimate of drug-likeness (QED) is 0.760. The minimum atomic E-state index is 0.647. The van der Waals surface area contributed by atoms with E-state index in [-0.39, 0.29) is 0 Å². The van der Waals surface area contributed by atoms with Gasteiger partial charge in [-0.2, -0.15) is 0 Å². The molecule has 0 spiro atoms. The standard InChI is InChI=1S/C13H11Cl2N/c1-2-13-12(4-3-5-16-13)9-6-10(14)8-11(15)7-9/h3-8H,2H2,1H3. The number of nitrogens with zero attached hydrogens (tertiary/aromatic N) is 1. The molecule has 0 aliphatic heterocycles. The summed E-state index contributed by atoms with van der Waals surface area (Å²) < 4.78 is 0. The Morgan fingerprint density at radius 2 is 1.81 bits per heavy atom. The fraction of sp³-hybridized carbons (Fsp3) is 0.154. The molecule has 1 aromatic heterocycles. The number of aromatic nitrogens is 1. The number of benzene rings is 1. The van der Waals surface area contributed by atoms with Gasteiger partial charge in [-0.15, -0.1) is 0 Å². The van der Waals surface area contributed by atoms with Crippen LogP contribution in [0.5, 0.6) is 0 Å². The molecule has 3 heteroatoms. The fourth-order valence-electron chi connectivity index (χ4n) is 1.69. The van der Waals surface area contributed by atoms with Crippen molar-refractivity contribution in [3.05, 3.63) is 52.3 Å². The van der Waals surface area contributed by atoms with Crippen LogP contribution in [-0.4, -0.2) is 4.98 Å². The van der Waals surface area contributed by atoms with Gasteiger partial charge >= 0.3 is 0 Å². The van der Waals surface area contributed by atoms with E-state index in [1.54, 1.807) is 12.3 Å². The molecule has 0 saturated carbocycles. The van der Waals surface area contributed by atoms with Crippen LogP contribution in [-0.2, 0) is 6.42 Å². The van der Waals surface area contributed by atoms with Gasteiger partial charge in [0, 0.05) is 27.5 Å². The molecule has 0 N–H and O–H groups in total. The lowest BCUT2D eigenvalue weighted by atomic mass is 10.0. The molecule has 1 aromatic carbocycles. The summed E-state index contributed by atoms with van der Waals surface area (Å²) >= 11 is 12.0. The smallest absolute Gasteiger partial charge is 0.0479 e. The molecule has 1 nitrogen and oxygen atoms in total. The Hall–Kier alpha value is -1.05. The molecule has 2 rings (SSSR count). The zero-order valence-electron chi connectivity index (χ0n) is 8.87. The molecule has 82 valence electrons. The van der Waals surface area contributed by atoms with Gasteiger partial charge in [0.2, 0.25) is 0 Å². The molecule has 16 heavy (non-hydrogen) atoms. The van der Waals surface area contributed by atoms with E-state index in [0.717, 1.165) is 23.2 Å². The van der Waals surface area contributed by atoms with Gasteiger partial charge < -0.3 is 0 Å². The first-order valence-corrected chi connectivity index (χ1v) is 5.86. The highest BCUT2D eigenvalue weighted by Gasteiger charge is 2.06. The molecular formula is C13H11Cl2N. The van der Waals surface area contributed by atoms with Crippen LogP contribution in [0.1, 0.15) is 12.6 Å². The molecule has 0 bridgehead atoms. The molecule has 0 fully saturated rings. The Bertz CT molecular complexity index is 489. The van der Waals surface area contributed by atoms with Crippen molar-refractivity contribution in [2.75, 3.05) is 0 Å². The van der Waals surface area contributed by atoms with Gasteiger partial charge in [0.25, 0.3) is 0 Å². The van der Waals surface area contributed by atoms with Crippen molar-refractivity contribution < 1.29 is 0 Å². The van der Waals surface area contributed by atoms with E-state index in [9.17, 15) is 0 Å². The van der Waals surface area contributed by atoms with E-state index in [4.69, 9.17) is 23.2 Å². The third kappa shape index (κ3) is 2.37. The van der Waals surface area contributed by atoms with Crippen LogP contribution >= 0.6 is 23.2 Å². The van der Waals surface area contributed by atoms with E-state index in [1.165, 1.54) is 0 Å². The monoisotopic (exact) mass is 251 g/mol. The van der Waals surface area contributed by atoms with Gasteiger partial charge in [-0.3, -0.25) is 4.98 Å². The summed E-state index contributed by atoms with van der Waals surface area (Å²) in [5.74, 6) is 0. The maximum atomic E-state index is 5.99. The Morgan fingerprint density at radius 3 is 2.44 bits per heavy atom. The lowest BCUT2D eigenvalue weighted by Crippen LogP contribution is -1.91. The van der Waals surface area contributed by atoms with Crippen molar-refractivity contribution >= 4 is 23.2 Å². The van der Waals surface area contributed by atoms with Crippen LogP contribution in [0.15, 0.2) is 36.5 Å². The topological polar surface area (TPSA) is 12.9 Å². The normalized spacial score (nSPS) is 10.4. The Labute approximate surface area is 105 Å². The number of aryl methyl sites for hydroxylation is 1. The van der Waals surface area contributed by atoms with Crippen LogP contribution < -0.4 is 0 Å². The third-order valence-corrected chi connectivity index (χ3v) is 2.84. The van der Waals surface area contributed by atoms with Crippen LogP contribution in [0.25, 0.3) is 11.1 Å². The van der Waals surface area contributed by atoms with E-state index < -0.39 is 0 Å². The van der Waals surface area contributed by atoms with E-state index >= 15 is 0 Å². The number of hydrogen-bond acceptors (Lipinski definition) is 1. The summed E-state index contributed by atoms with van der Waals surface area (Å²) in [6, 6.07) is 9.50. The highest BCUT2D eigenvalue weighted by Crippen LogP contribution is 2.28. The Morgan fingerprint density at radius 1 is 1.12 bits per heavy atom. The van der Waals surface area contributed by atoms with E-state index in [0.29, 0.717) is 10.0 Å². The minimum Gasteiger partial charge on any atom is -0.261 e. The van der Waals surface area contributed by atoms with Gasteiger partial charge in [0.15, 0.2) is 0 Å². The number of rotatable bonds is 2. The van der Waals surface area contributed by atoms with Gasteiger partial charge in [-0.25, -0.2) is 0 Å². The van der Waals surface area contributed by atoms with Crippen molar-refractivity contribution in [2.45, 2.75) is 13.3 Å². The summed E-state index contributed by atoms with van der Waals surface area (Å²) in [6.07, 6.45) is 2.69. The first-order valence-electron chi connectivity index (χ1n) is 5.11. The SMILES string of the molecule is CCc1ncccc1-c1cc(Cl)cc(Cl)c1. The van der Waals surface area contributed by atoms with Gasteiger partial charge in [0.1, 0.15) is 0 Å². The molecule has 0 aliphatic carbocycles. The fourth-order valence-corrected chi connectivity index (χ4v) is 2.22. The first-order chi connectivity index (χ1) is 7.70. The second-order valence-corrected chi connectivity index (χ2v) is 4.38. The average molecular weight is 252 g/mol. The largest absolute Gasteiger partial charge is 0.261 e. The highest BCUT2D eigenvalue weighted by atomic mass is 35.5. The summed E-state index contributed by atoms with van der Waals surface area (Å²) in [5, 5.41) is 1.29. The Kier molecular flexibility index (Phi) is 3.47. The van der Waals surface area contributed by atoms with Crippen molar-refractivity contribution in [1.82, 2.24) is 4.98 Å². The lowest BCUT2D eigenvalue weighted by molar-refractivity contribution is 1.04. The van der Waals surface area contributed by atoms with Gasteiger partial charge in [-0.1, -0.05) is 36.2 Å². The second kappa shape index (κ2) is 4.86. The maximum Gasteiger partial charge on any atom is 0.0479 e. The van der Waals surface area contributed by atoms with Crippen molar-refractivity contribution in [2.24, 2.45) is 0 Å². The number of pyridine rings is 1. The summed E-state index contributed by atoms with van der Waals surface area (Å²) in [4.78, 5) is 4.35. The number of halogens is 2. The summed E-state index contributed by atoms with van der Waals surface area (Å²) in [5.41, 5.74) is 3.16. The number of hydrogen-bond donors (Lipinski definition) is 0. The van der Waals surface area contributed by atoms with E-state index in [2.05, 4.69) is 11.9 Å². The molecule has 0 unspecified atom stereocenters. The molecule has 0 radical (unpaired) electrons. The zero-order valence-corrected chi connectivity index (χ0v) is 10.4. The van der Waals surface area contributed by atoms with Crippen molar-refractivity contribution in [3.63, 3.8) is 0 Å². The molecule has 1 heterocycles. The van der Waals surface area contributed by atoms with Crippen molar-refractivity contribution in [1.29, 1.82) is 0 Å². The summed E-state index contributed by atoms with van der Waals surface area (Å²) in [7, 11) is 0. The molecule has 0 amide bonds. The Balaban J connectivity index is 2.58. The molecule has 0 saturated heterocycles. The van der Waals surface area contributed by atoms with E-state index in [1.807, 2.05) is 24.3 Å². The molecule has 0 aliphatic rings. The average Bonchev–Trinajstić information content (AvgIpc) is 2.27. The predicted molar refractivity (Wildman–Crippen MR) is 69.1 cm³/mol. The van der Waals surface area contributed by atoms with Crippen LogP contribution in [0.3, 0.4) is 0 Å². The first kappa shape index (κ1) is 11.4. The molecule has 2 aromatic rings. The molecular weight excluding hydrogens is 241 g/mol.